The Morgan fingerprint density at radius 2 is 2.14 bits per heavy atom. The molecule has 0 radical (unpaired) electrons. The molecule has 0 bridgehead atoms. The number of hydrogen-bond donors (Lipinski definition) is 1. The number of carbonyl (C=O) groups excluding carboxylic acids is 1. The third-order valence-corrected chi connectivity index (χ3v) is 4.37. The zero-order valence-corrected chi connectivity index (χ0v) is 13.3. The van der Waals surface area contributed by atoms with E-state index in [4.69, 9.17) is 4.74 Å². The highest BCUT2D eigenvalue weighted by Gasteiger charge is 2.24. The van der Waals surface area contributed by atoms with Crippen LogP contribution in [-0.4, -0.2) is 36.7 Å². The molecule has 120 valence electrons. The summed E-state index contributed by atoms with van der Waals surface area (Å²) < 4.78 is 5.57. The van der Waals surface area contributed by atoms with Crippen LogP contribution in [0.4, 0.5) is 11.5 Å². The van der Waals surface area contributed by atoms with Gasteiger partial charge in [-0.05, 0) is 57.1 Å². The molecule has 0 spiro atoms. The van der Waals surface area contributed by atoms with Gasteiger partial charge in [-0.1, -0.05) is 0 Å². The van der Waals surface area contributed by atoms with Crippen molar-refractivity contribution in [3.8, 4) is 0 Å². The molecular formula is C17H25N3O2. The number of aromatic nitrogens is 1. The number of nitrogens with one attached hydrogen (secondary N) is 1. The minimum absolute atomic E-state index is 0.126. The lowest BCUT2D eigenvalue weighted by Crippen LogP contribution is -2.30. The Morgan fingerprint density at radius 3 is 2.77 bits per heavy atom. The average Bonchev–Trinajstić information content (AvgIpc) is 3.38. The molecule has 1 aliphatic carbocycles. The van der Waals surface area contributed by atoms with E-state index in [9.17, 15) is 4.79 Å². The molecule has 5 heteroatoms. The van der Waals surface area contributed by atoms with E-state index in [1.165, 1.54) is 32.1 Å². The average molecular weight is 303 g/mol. The van der Waals surface area contributed by atoms with Crippen molar-refractivity contribution in [1.82, 2.24) is 4.98 Å². The van der Waals surface area contributed by atoms with Crippen LogP contribution < -0.4 is 10.2 Å². The van der Waals surface area contributed by atoms with Gasteiger partial charge in [0.05, 0.1) is 18.5 Å². The lowest BCUT2D eigenvalue weighted by molar-refractivity contribution is -0.126. The molecule has 1 atom stereocenters. The SMILES string of the molecule is C[C@H](OCC1CC1)C(=O)Nc1ccc(N2CCCCC2)cn1. The van der Waals surface area contributed by atoms with Gasteiger partial charge in [-0.3, -0.25) is 4.79 Å². The predicted molar refractivity (Wildman–Crippen MR) is 87.1 cm³/mol. The Labute approximate surface area is 132 Å². The molecule has 1 N–H and O–H groups in total. The van der Waals surface area contributed by atoms with Crippen molar-refractivity contribution in [2.45, 2.75) is 45.1 Å². The van der Waals surface area contributed by atoms with Crippen LogP contribution in [0.25, 0.3) is 0 Å². The van der Waals surface area contributed by atoms with E-state index in [2.05, 4.69) is 15.2 Å². The summed E-state index contributed by atoms with van der Waals surface area (Å²) >= 11 is 0. The van der Waals surface area contributed by atoms with E-state index in [0.717, 1.165) is 18.8 Å². The first-order valence-electron chi connectivity index (χ1n) is 8.36. The molecule has 1 aromatic heterocycles. The van der Waals surface area contributed by atoms with Crippen molar-refractivity contribution < 1.29 is 9.53 Å². The maximum atomic E-state index is 12.0. The number of rotatable bonds is 6. The van der Waals surface area contributed by atoms with Crippen molar-refractivity contribution in [1.29, 1.82) is 0 Å². The lowest BCUT2D eigenvalue weighted by Gasteiger charge is -2.28. The first-order valence-corrected chi connectivity index (χ1v) is 8.36. The number of pyridine rings is 1. The molecule has 1 saturated heterocycles. The molecule has 1 amide bonds. The van der Waals surface area contributed by atoms with E-state index < -0.39 is 6.10 Å². The molecule has 1 saturated carbocycles. The fourth-order valence-electron chi connectivity index (χ4n) is 2.67. The maximum Gasteiger partial charge on any atom is 0.254 e. The molecule has 1 aromatic rings. The fraction of sp³-hybridized carbons (Fsp3) is 0.647. The Morgan fingerprint density at radius 1 is 1.36 bits per heavy atom. The molecule has 5 nitrogen and oxygen atoms in total. The maximum absolute atomic E-state index is 12.0. The summed E-state index contributed by atoms with van der Waals surface area (Å²) in [7, 11) is 0. The first kappa shape index (κ1) is 15.3. The zero-order chi connectivity index (χ0) is 15.4. The number of nitrogens with zero attached hydrogens (tertiary/aromatic N) is 2. The van der Waals surface area contributed by atoms with Crippen molar-refractivity contribution in [3.05, 3.63) is 18.3 Å². The van der Waals surface area contributed by atoms with Gasteiger partial charge in [0.2, 0.25) is 0 Å². The van der Waals surface area contributed by atoms with Crippen molar-refractivity contribution in [2.75, 3.05) is 29.9 Å². The lowest BCUT2D eigenvalue weighted by atomic mass is 10.1. The van der Waals surface area contributed by atoms with Gasteiger partial charge in [-0.2, -0.15) is 0 Å². The molecule has 22 heavy (non-hydrogen) atoms. The second kappa shape index (κ2) is 7.09. The second-order valence-electron chi connectivity index (χ2n) is 6.36. The van der Waals surface area contributed by atoms with Gasteiger partial charge in [-0.25, -0.2) is 4.98 Å². The highest BCUT2D eigenvalue weighted by Crippen LogP contribution is 2.29. The van der Waals surface area contributed by atoms with E-state index in [1.807, 2.05) is 18.3 Å². The van der Waals surface area contributed by atoms with E-state index >= 15 is 0 Å². The number of ether oxygens (including phenoxy) is 1. The van der Waals surface area contributed by atoms with Gasteiger partial charge in [0.15, 0.2) is 0 Å². The number of carbonyl (C=O) groups is 1. The van der Waals surface area contributed by atoms with E-state index in [1.54, 1.807) is 6.92 Å². The molecule has 2 aliphatic rings. The summed E-state index contributed by atoms with van der Waals surface area (Å²) in [5.41, 5.74) is 1.13. The van der Waals surface area contributed by atoms with Crippen LogP contribution in [0, 0.1) is 5.92 Å². The quantitative estimate of drug-likeness (QED) is 0.878. The highest BCUT2D eigenvalue weighted by molar-refractivity contribution is 5.93. The van der Waals surface area contributed by atoms with Crippen LogP contribution in [-0.2, 0) is 9.53 Å². The summed E-state index contributed by atoms with van der Waals surface area (Å²) in [6.07, 6.45) is 7.68. The van der Waals surface area contributed by atoms with Crippen LogP contribution >= 0.6 is 0 Å². The normalized spacial score (nSPS) is 19.8. The second-order valence-corrected chi connectivity index (χ2v) is 6.36. The molecule has 0 aromatic carbocycles. The van der Waals surface area contributed by atoms with Crippen LogP contribution in [0.2, 0.25) is 0 Å². The van der Waals surface area contributed by atoms with E-state index in [0.29, 0.717) is 18.3 Å². The van der Waals surface area contributed by atoms with Gasteiger partial charge in [0.25, 0.3) is 5.91 Å². The monoisotopic (exact) mass is 303 g/mol. The molecule has 2 fully saturated rings. The van der Waals surface area contributed by atoms with E-state index in [-0.39, 0.29) is 5.91 Å². The smallest absolute Gasteiger partial charge is 0.254 e. The summed E-state index contributed by atoms with van der Waals surface area (Å²) in [5.74, 6) is 1.13. The summed E-state index contributed by atoms with van der Waals surface area (Å²) in [6, 6.07) is 3.90. The third-order valence-electron chi connectivity index (χ3n) is 4.37. The molecule has 0 unspecified atom stereocenters. The third kappa shape index (κ3) is 4.19. The fourth-order valence-corrected chi connectivity index (χ4v) is 2.67. The van der Waals surface area contributed by atoms with Crippen molar-refractivity contribution in [3.63, 3.8) is 0 Å². The van der Waals surface area contributed by atoms with Gasteiger partial charge in [-0.15, -0.1) is 0 Å². The minimum Gasteiger partial charge on any atom is -0.370 e. The highest BCUT2D eigenvalue weighted by atomic mass is 16.5. The van der Waals surface area contributed by atoms with Crippen molar-refractivity contribution >= 4 is 17.4 Å². The first-order chi connectivity index (χ1) is 10.7. The summed E-state index contributed by atoms with van der Waals surface area (Å²) in [5, 5.41) is 2.82. The largest absolute Gasteiger partial charge is 0.370 e. The zero-order valence-electron chi connectivity index (χ0n) is 13.3. The number of hydrogen-bond acceptors (Lipinski definition) is 4. The summed E-state index contributed by atoms with van der Waals surface area (Å²) in [6.45, 7) is 4.68. The summed E-state index contributed by atoms with van der Waals surface area (Å²) in [4.78, 5) is 18.8. The standard InChI is InChI=1S/C17H25N3O2/c1-13(22-12-14-5-6-14)17(21)19-16-8-7-15(11-18-16)20-9-3-2-4-10-20/h7-8,11,13-14H,2-6,9-10,12H2,1H3,(H,18,19,21)/t13-/m0/s1. The number of anilines is 2. The molecule has 3 rings (SSSR count). The minimum atomic E-state index is -0.427. The number of piperidine rings is 1. The Kier molecular flexibility index (Phi) is 4.93. The predicted octanol–water partition coefficient (Wildman–Crippen LogP) is 2.83. The van der Waals surface area contributed by atoms with Gasteiger partial charge in [0.1, 0.15) is 11.9 Å². The number of amides is 1. The topological polar surface area (TPSA) is 54.5 Å². The van der Waals surface area contributed by atoms with Gasteiger partial charge < -0.3 is 15.0 Å². The Balaban J connectivity index is 1.49. The van der Waals surface area contributed by atoms with Crippen molar-refractivity contribution in [2.24, 2.45) is 5.92 Å². The molecular weight excluding hydrogens is 278 g/mol. The Bertz CT molecular complexity index is 493. The molecule has 1 aliphatic heterocycles. The van der Waals surface area contributed by atoms with Gasteiger partial charge in [0, 0.05) is 13.1 Å². The molecule has 2 heterocycles. The van der Waals surface area contributed by atoms with Gasteiger partial charge >= 0.3 is 0 Å². The van der Waals surface area contributed by atoms with Crippen LogP contribution in [0.1, 0.15) is 39.0 Å². The van der Waals surface area contributed by atoms with Crippen LogP contribution in [0.5, 0.6) is 0 Å². The Hall–Kier alpha value is -1.62. The van der Waals surface area contributed by atoms with Crippen LogP contribution in [0.15, 0.2) is 18.3 Å². The van der Waals surface area contributed by atoms with Crippen LogP contribution in [0.3, 0.4) is 0 Å².